The first-order chi connectivity index (χ1) is 8.93. The van der Waals surface area contributed by atoms with Crippen LogP contribution >= 0.6 is 15.9 Å². The molecule has 0 aromatic heterocycles. The minimum Gasteiger partial charge on any atom is -0.439 e. The summed E-state index contributed by atoms with van der Waals surface area (Å²) in [5.41, 5.74) is -0.662. The first kappa shape index (κ1) is 16.7. The van der Waals surface area contributed by atoms with Gasteiger partial charge in [-0.15, -0.1) is 0 Å². The van der Waals surface area contributed by atoms with Crippen LogP contribution in [-0.4, -0.2) is 24.4 Å². The van der Waals surface area contributed by atoms with Gasteiger partial charge >= 0.3 is 18.3 Å². The summed E-state index contributed by atoms with van der Waals surface area (Å²) < 4.78 is 89.0. The lowest BCUT2D eigenvalue weighted by molar-refractivity contribution is -0.307. The topological polar surface area (TPSA) is 26.3 Å². The Morgan fingerprint density at radius 1 is 1.10 bits per heavy atom. The van der Waals surface area contributed by atoms with Crippen LogP contribution in [0.4, 0.5) is 30.7 Å². The molecule has 0 aliphatic carbocycles. The standard InChI is InChI=1S/C10H4BrF7O2/c11-6-3-4(12)1-2-5(6)7(19)20-8(9(13,14)15)10(16,17)18/h1-3,8H. The first-order valence-electron chi connectivity index (χ1n) is 4.72. The van der Waals surface area contributed by atoms with Crippen molar-refractivity contribution in [3.05, 3.63) is 34.1 Å². The van der Waals surface area contributed by atoms with Gasteiger partial charge in [-0.1, -0.05) is 0 Å². The zero-order chi connectivity index (χ0) is 15.7. The second kappa shape index (κ2) is 5.58. The summed E-state index contributed by atoms with van der Waals surface area (Å²) in [4.78, 5) is 11.3. The van der Waals surface area contributed by atoms with Crippen molar-refractivity contribution in [2.24, 2.45) is 0 Å². The van der Waals surface area contributed by atoms with Crippen molar-refractivity contribution >= 4 is 21.9 Å². The van der Waals surface area contributed by atoms with Crippen molar-refractivity contribution in [3.8, 4) is 0 Å². The van der Waals surface area contributed by atoms with E-state index in [0.717, 1.165) is 0 Å². The molecule has 0 saturated heterocycles. The maximum Gasteiger partial charge on any atom is 0.434 e. The number of carbonyl (C=O) groups excluding carboxylic acids is 1. The van der Waals surface area contributed by atoms with E-state index in [1.165, 1.54) is 0 Å². The number of ether oxygens (including phenoxy) is 1. The lowest BCUT2D eigenvalue weighted by Crippen LogP contribution is -2.45. The summed E-state index contributed by atoms with van der Waals surface area (Å²) in [7, 11) is 0. The molecule has 20 heavy (non-hydrogen) atoms. The summed E-state index contributed by atoms with van der Waals surface area (Å²) in [6, 6.07) is 2.09. The molecule has 0 aliphatic heterocycles. The van der Waals surface area contributed by atoms with Gasteiger partial charge < -0.3 is 4.74 Å². The van der Waals surface area contributed by atoms with Crippen LogP contribution in [0.25, 0.3) is 0 Å². The summed E-state index contributed by atoms with van der Waals surface area (Å²) in [6.45, 7) is 0. The number of alkyl halides is 6. The highest BCUT2D eigenvalue weighted by molar-refractivity contribution is 9.10. The molecular weight excluding hydrogens is 365 g/mol. The Kier molecular flexibility index (Phi) is 4.67. The van der Waals surface area contributed by atoms with Gasteiger partial charge in [0, 0.05) is 4.47 Å². The van der Waals surface area contributed by atoms with Crippen LogP contribution in [-0.2, 0) is 4.74 Å². The second-order valence-corrected chi connectivity index (χ2v) is 4.35. The van der Waals surface area contributed by atoms with Crippen LogP contribution in [0.15, 0.2) is 22.7 Å². The monoisotopic (exact) mass is 368 g/mol. The number of benzene rings is 1. The Balaban J connectivity index is 3.03. The Bertz CT molecular complexity index is 495. The molecule has 0 N–H and O–H groups in total. The van der Waals surface area contributed by atoms with Crippen molar-refractivity contribution in [2.75, 3.05) is 0 Å². The third-order valence-electron chi connectivity index (χ3n) is 1.97. The number of carbonyl (C=O) groups is 1. The maximum absolute atomic E-state index is 12.7. The van der Waals surface area contributed by atoms with E-state index in [1.807, 2.05) is 0 Å². The van der Waals surface area contributed by atoms with Gasteiger partial charge in [0.15, 0.2) is 0 Å². The summed E-state index contributed by atoms with van der Waals surface area (Å²) in [6.07, 6.45) is -15.9. The van der Waals surface area contributed by atoms with E-state index < -0.39 is 35.8 Å². The molecule has 0 atom stereocenters. The lowest BCUT2D eigenvalue weighted by Gasteiger charge is -2.22. The molecule has 112 valence electrons. The van der Waals surface area contributed by atoms with E-state index in [2.05, 4.69) is 20.7 Å². The number of hydrogen-bond donors (Lipinski definition) is 0. The molecule has 0 aliphatic rings. The van der Waals surface area contributed by atoms with Crippen molar-refractivity contribution in [2.45, 2.75) is 18.5 Å². The van der Waals surface area contributed by atoms with E-state index in [-0.39, 0.29) is 4.47 Å². The Morgan fingerprint density at radius 2 is 1.60 bits per heavy atom. The molecule has 1 aromatic carbocycles. The number of halogens is 8. The van der Waals surface area contributed by atoms with Gasteiger partial charge in [-0.3, -0.25) is 0 Å². The van der Waals surface area contributed by atoms with Gasteiger partial charge in [-0.05, 0) is 34.1 Å². The lowest BCUT2D eigenvalue weighted by atomic mass is 10.2. The van der Waals surface area contributed by atoms with E-state index in [1.54, 1.807) is 0 Å². The molecule has 1 aromatic rings. The molecule has 10 heteroatoms. The Labute approximate surface area is 115 Å². The van der Waals surface area contributed by atoms with Crippen LogP contribution < -0.4 is 0 Å². The summed E-state index contributed by atoms with van der Waals surface area (Å²) in [5.74, 6) is -2.71. The van der Waals surface area contributed by atoms with Gasteiger partial charge in [-0.2, -0.15) is 26.3 Å². The molecule has 0 heterocycles. The molecule has 0 saturated carbocycles. The average molecular weight is 369 g/mol. The van der Waals surface area contributed by atoms with E-state index in [0.29, 0.717) is 18.2 Å². The normalized spacial score (nSPS) is 12.7. The maximum atomic E-state index is 12.7. The fourth-order valence-corrected chi connectivity index (χ4v) is 1.66. The van der Waals surface area contributed by atoms with Crippen molar-refractivity contribution < 1.29 is 40.3 Å². The number of esters is 1. The van der Waals surface area contributed by atoms with Crippen molar-refractivity contribution in [3.63, 3.8) is 0 Å². The van der Waals surface area contributed by atoms with Crippen molar-refractivity contribution in [1.82, 2.24) is 0 Å². The highest BCUT2D eigenvalue weighted by Gasteiger charge is 2.60. The van der Waals surface area contributed by atoms with Gasteiger partial charge in [0.25, 0.3) is 6.10 Å². The Morgan fingerprint density at radius 3 is 2.00 bits per heavy atom. The third kappa shape index (κ3) is 4.09. The smallest absolute Gasteiger partial charge is 0.434 e. The molecule has 0 amide bonds. The minimum atomic E-state index is -5.81. The SMILES string of the molecule is O=C(OC(C(F)(F)F)C(F)(F)F)c1ccc(F)cc1Br. The number of hydrogen-bond acceptors (Lipinski definition) is 2. The largest absolute Gasteiger partial charge is 0.439 e. The van der Waals surface area contributed by atoms with E-state index in [4.69, 9.17) is 0 Å². The molecule has 0 fully saturated rings. The quantitative estimate of drug-likeness (QED) is 0.576. The van der Waals surface area contributed by atoms with Crippen LogP contribution in [0.2, 0.25) is 0 Å². The summed E-state index contributed by atoms with van der Waals surface area (Å²) in [5, 5.41) is 0. The number of rotatable bonds is 2. The predicted molar refractivity (Wildman–Crippen MR) is 55.4 cm³/mol. The zero-order valence-corrected chi connectivity index (χ0v) is 10.7. The molecule has 1 rings (SSSR count). The molecule has 0 bridgehead atoms. The molecule has 0 radical (unpaired) electrons. The predicted octanol–water partition coefficient (Wildman–Crippen LogP) is 4.24. The highest BCUT2D eigenvalue weighted by atomic mass is 79.9. The van der Waals surface area contributed by atoms with E-state index >= 15 is 0 Å². The average Bonchev–Trinajstić information content (AvgIpc) is 2.22. The van der Waals surface area contributed by atoms with Gasteiger partial charge in [0.2, 0.25) is 0 Å². The fraction of sp³-hybridized carbons (Fsp3) is 0.300. The first-order valence-corrected chi connectivity index (χ1v) is 5.51. The fourth-order valence-electron chi connectivity index (χ4n) is 1.14. The summed E-state index contributed by atoms with van der Waals surface area (Å²) >= 11 is 2.64. The van der Waals surface area contributed by atoms with Crippen LogP contribution in [0, 0.1) is 5.82 Å². The van der Waals surface area contributed by atoms with Gasteiger partial charge in [0.1, 0.15) is 5.82 Å². The zero-order valence-electron chi connectivity index (χ0n) is 9.15. The molecule has 0 spiro atoms. The third-order valence-corrected chi connectivity index (χ3v) is 2.63. The van der Waals surface area contributed by atoms with Crippen molar-refractivity contribution in [1.29, 1.82) is 0 Å². The van der Waals surface area contributed by atoms with Gasteiger partial charge in [0.05, 0.1) is 5.56 Å². The second-order valence-electron chi connectivity index (χ2n) is 3.49. The highest BCUT2D eigenvalue weighted by Crippen LogP contribution is 2.36. The molecule has 2 nitrogen and oxygen atoms in total. The molecular formula is C10H4BrF7O2. The Hall–Kier alpha value is -1.32. The van der Waals surface area contributed by atoms with Gasteiger partial charge in [-0.25, -0.2) is 9.18 Å². The van der Waals surface area contributed by atoms with E-state index in [9.17, 15) is 35.5 Å². The van der Waals surface area contributed by atoms with Crippen LogP contribution in [0.5, 0.6) is 0 Å². The van der Waals surface area contributed by atoms with Crippen LogP contribution in [0.1, 0.15) is 10.4 Å². The molecule has 0 unspecified atom stereocenters. The van der Waals surface area contributed by atoms with Crippen LogP contribution in [0.3, 0.4) is 0 Å². The minimum absolute atomic E-state index is 0.328.